The van der Waals surface area contributed by atoms with Crippen LogP contribution in [-0.2, 0) is 0 Å². The lowest BCUT2D eigenvalue weighted by Gasteiger charge is -2.35. The lowest BCUT2D eigenvalue weighted by Crippen LogP contribution is -2.52. The molecule has 1 aromatic carbocycles. The molecule has 1 fully saturated rings. The molecule has 1 aliphatic heterocycles. The Balaban J connectivity index is 0.00000180. The molecule has 19 heavy (non-hydrogen) atoms. The molecule has 0 aromatic heterocycles. The molecule has 0 atom stereocenters. The van der Waals surface area contributed by atoms with E-state index < -0.39 is 0 Å². The second-order valence-corrected chi connectivity index (χ2v) is 5.75. The van der Waals surface area contributed by atoms with Crippen LogP contribution in [0.2, 0.25) is 0 Å². The second-order valence-electron chi connectivity index (χ2n) is 4.89. The van der Waals surface area contributed by atoms with Crippen molar-refractivity contribution >= 4 is 34.2 Å². The predicted molar refractivity (Wildman–Crippen MR) is 79.3 cm³/mol. The standard InChI is InChI=1S/C13H16BrFN2O.ClH/c1-13(4-6-16-7-5-13)17-12(18)9-2-3-11(15)10(14)8-9;/h2-3,8,16H,4-7H2,1H3,(H,17,18);1H. The van der Waals surface area contributed by atoms with Crippen molar-refractivity contribution in [2.45, 2.75) is 25.3 Å². The Morgan fingerprint density at radius 3 is 2.63 bits per heavy atom. The van der Waals surface area contributed by atoms with Crippen molar-refractivity contribution in [1.29, 1.82) is 0 Å². The summed E-state index contributed by atoms with van der Waals surface area (Å²) in [6, 6.07) is 4.30. The summed E-state index contributed by atoms with van der Waals surface area (Å²) in [7, 11) is 0. The predicted octanol–water partition coefficient (Wildman–Crippen LogP) is 2.88. The number of carbonyl (C=O) groups is 1. The lowest BCUT2D eigenvalue weighted by molar-refractivity contribution is 0.0887. The fraction of sp³-hybridized carbons (Fsp3) is 0.462. The van der Waals surface area contributed by atoms with Gasteiger partial charge < -0.3 is 10.6 Å². The summed E-state index contributed by atoms with van der Waals surface area (Å²) in [5.41, 5.74) is 0.298. The van der Waals surface area contributed by atoms with Crippen LogP contribution in [0.5, 0.6) is 0 Å². The van der Waals surface area contributed by atoms with Crippen molar-refractivity contribution in [1.82, 2.24) is 10.6 Å². The summed E-state index contributed by atoms with van der Waals surface area (Å²) in [6.07, 6.45) is 1.81. The zero-order valence-electron chi connectivity index (χ0n) is 10.6. The maximum absolute atomic E-state index is 13.1. The summed E-state index contributed by atoms with van der Waals surface area (Å²) < 4.78 is 13.4. The van der Waals surface area contributed by atoms with E-state index in [4.69, 9.17) is 0 Å². The van der Waals surface area contributed by atoms with Crippen LogP contribution in [0.4, 0.5) is 4.39 Å². The van der Waals surface area contributed by atoms with E-state index in [1.54, 1.807) is 0 Å². The van der Waals surface area contributed by atoms with Crippen molar-refractivity contribution in [3.05, 3.63) is 34.1 Å². The number of hydrogen-bond acceptors (Lipinski definition) is 2. The lowest BCUT2D eigenvalue weighted by atomic mass is 9.90. The molecule has 1 amide bonds. The Morgan fingerprint density at radius 2 is 2.05 bits per heavy atom. The fourth-order valence-corrected chi connectivity index (χ4v) is 2.47. The fourth-order valence-electron chi connectivity index (χ4n) is 2.09. The average molecular weight is 352 g/mol. The molecule has 1 heterocycles. The summed E-state index contributed by atoms with van der Waals surface area (Å²) in [5.74, 6) is -0.514. The van der Waals surface area contributed by atoms with Gasteiger partial charge in [0, 0.05) is 11.1 Å². The zero-order valence-corrected chi connectivity index (χ0v) is 13.0. The van der Waals surface area contributed by atoms with Crippen molar-refractivity contribution in [3.8, 4) is 0 Å². The third kappa shape index (κ3) is 4.16. The van der Waals surface area contributed by atoms with Gasteiger partial charge in [0.1, 0.15) is 5.82 Å². The van der Waals surface area contributed by atoms with Crippen LogP contribution in [0.3, 0.4) is 0 Å². The monoisotopic (exact) mass is 350 g/mol. The quantitative estimate of drug-likeness (QED) is 0.860. The van der Waals surface area contributed by atoms with Gasteiger partial charge in [0.25, 0.3) is 5.91 Å². The highest BCUT2D eigenvalue weighted by Crippen LogP contribution is 2.20. The van der Waals surface area contributed by atoms with Gasteiger partial charge in [-0.2, -0.15) is 0 Å². The third-order valence-electron chi connectivity index (χ3n) is 3.30. The molecule has 3 nitrogen and oxygen atoms in total. The summed E-state index contributed by atoms with van der Waals surface area (Å²) >= 11 is 3.09. The minimum atomic E-state index is -0.361. The first-order chi connectivity index (χ1) is 8.50. The SMILES string of the molecule is CC1(NC(=O)c2ccc(F)c(Br)c2)CCNCC1.Cl. The molecule has 0 radical (unpaired) electrons. The molecule has 1 aliphatic rings. The minimum Gasteiger partial charge on any atom is -0.347 e. The highest BCUT2D eigenvalue weighted by Gasteiger charge is 2.28. The topological polar surface area (TPSA) is 41.1 Å². The van der Waals surface area contributed by atoms with E-state index >= 15 is 0 Å². The van der Waals surface area contributed by atoms with Gasteiger partial charge in [-0.3, -0.25) is 4.79 Å². The molecular weight excluding hydrogens is 335 g/mol. The van der Waals surface area contributed by atoms with E-state index in [9.17, 15) is 9.18 Å². The number of amides is 1. The van der Waals surface area contributed by atoms with Gasteiger partial charge in [-0.15, -0.1) is 12.4 Å². The molecule has 0 spiro atoms. The van der Waals surface area contributed by atoms with Crippen LogP contribution in [0.25, 0.3) is 0 Å². The molecule has 6 heteroatoms. The van der Waals surface area contributed by atoms with Crippen LogP contribution in [0.15, 0.2) is 22.7 Å². The van der Waals surface area contributed by atoms with Crippen molar-refractivity contribution in [3.63, 3.8) is 0 Å². The maximum atomic E-state index is 13.1. The Hall–Kier alpha value is -0.650. The number of benzene rings is 1. The molecule has 0 unspecified atom stereocenters. The summed E-state index contributed by atoms with van der Waals surface area (Å²) in [4.78, 5) is 12.1. The first kappa shape index (κ1) is 16.4. The van der Waals surface area contributed by atoms with E-state index in [0.29, 0.717) is 10.0 Å². The zero-order chi connectivity index (χ0) is 13.2. The van der Waals surface area contributed by atoms with Gasteiger partial charge in [0.15, 0.2) is 0 Å². The highest BCUT2D eigenvalue weighted by molar-refractivity contribution is 9.10. The van der Waals surface area contributed by atoms with E-state index in [2.05, 4.69) is 26.6 Å². The second kappa shape index (κ2) is 6.68. The molecule has 106 valence electrons. The van der Waals surface area contributed by atoms with E-state index in [-0.39, 0.29) is 29.7 Å². The average Bonchev–Trinajstić information content (AvgIpc) is 2.33. The number of piperidine rings is 1. The molecule has 0 bridgehead atoms. The van der Waals surface area contributed by atoms with Gasteiger partial charge >= 0.3 is 0 Å². The van der Waals surface area contributed by atoms with Crippen LogP contribution in [0, 0.1) is 5.82 Å². The molecule has 1 saturated heterocycles. The molecule has 2 rings (SSSR count). The molecule has 2 N–H and O–H groups in total. The van der Waals surface area contributed by atoms with Crippen molar-refractivity contribution in [2.24, 2.45) is 0 Å². The van der Waals surface area contributed by atoms with Crippen LogP contribution in [0.1, 0.15) is 30.1 Å². The van der Waals surface area contributed by atoms with Crippen molar-refractivity contribution < 1.29 is 9.18 Å². The maximum Gasteiger partial charge on any atom is 0.251 e. The highest BCUT2D eigenvalue weighted by atomic mass is 79.9. The van der Waals surface area contributed by atoms with Crippen LogP contribution >= 0.6 is 28.3 Å². The minimum absolute atomic E-state index is 0. The first-order valence-electron chi connectivity index (χ1n) is 5.98. The smallest absolute Gasteiger partial charge is 0.251 e. The largest absolute Gasteiger partial charge is 0.347 e. The number of rotatable bonds is 2. The number of hydrogen-bond donors (Lipinski definition) is 2. The van der Waals surface area contributed by atoms with Gasteiger partial charge in [0.2, 0.25) is 0 Å². The van der Waals surface area contributed by atoms with Crippen molar-refractivity contribution in [2.75, 3.05) is 13.1 Å². The Morgan fingerprint density at radius 1 is 1.42 bits per heavy atom. The van der Waals surface area contributed by atoms with Gasteiger partial charge in [0.05, 0.1) is 4.47 Å². The Bertz CT molecular complexity index is 464. The Kier molecular flexibility index (Phi) is 5.77. The molecule has 0 aliphatic carbocycles. The van der Waals surface area contributed by atoms with Crippen LogP contribution in [-0.4, -0.2) is 24.5 Å². The molecular formula is C13H17BrClFN2O. The van der Waals surface area contributed by atoms with Gasteiger partial charge in [-0.1, -0.05) is 0 Å². The van der Waals surface area contributed by atoms with E-state index in [1.807, 2.05) is 6.92 Å². The number of carbonyl (C=O) groups excluding carboxylic acids is 1. The normalized spacial score (nSPS) is 17.4. The summed E-state index contributed by atoms with van der Waals surface area (Å²) in [5, 5.41) is 6.30. The van der Waals surface area contributed by atoms with Gasteiger partial charge in [-0.25, -0.2) is 4.39 Å². The molecule has 1 aromatic rings. The van der Waals surface area contributed by atoms with E-state index in [0.717, 1.165) is 25.9 Å². The Labute approximate surface area is 126 Å². The first-order valence-corrected chi connectivity index (χ1v) is 6.78. The van der Waals surface area contributed by atoms with E-state index in [1.165, 1.54) is 18.2 Å². The summed E-state index contributed by atoms with van der Waals surface area (Å²) in [6.45, 7) is 3.86. The number of nitrogens with one attached hydrogen (secondary N) is 2. The molecule has 0 saturated carbocycles. The van der Waals surface area contributed by atoms with Gasteiger partial charge in [-0.05, 0) is 67.0 Å². The third-order valence-corrected chi connectivity index (χ3v) is 3.91. The van der Waals surface area contributed by atoms with Crippen LogP contribution < -0.4 is 10.6 Å². The number of halogens is 3.